The summed E-state index contributed by atoms with van der Waals surface area (Å²) in [5.41, 5.74) is 1.21. The van der Waals surface area contributed by atoms with E-state index in [-0.39, 0.29) is 11.2 Å². The Bertz CT molecular complexity index is 314. The average Bonchev–Trinajstić information content (AvgIpc) is 1.94. The molecule has 0 aromatic carbocycles. The van der Waals surface area contributed by atoms with E-state index in [0.717, 1.165) is 0 Å². The molecule has 76 valence electrons. The zero-order valence-corrected chi connectivity index (χ0v) is 9.56. The van der Waals surface area contributed by atoms with E-state index in [1.165, 1.54) is 11.8 Å². The van der Waals surface area contributed by atoms with Crippen LogP contribution in [0, 0.1) is 11.8 Å². The van der Waals surface area contributed by atoms with E-state index < -0.39 is 9.84 Å². The lowest BCUT2D eigenvalue weighted by atomic mass is 9.83. The van der Waals surface area contributed by atoms with Crippen LogP contribution in [0.5, 0.6) is 0 Å². The Balaban J connectivity index is 2.98. The molecule has 2 nitrogen and oxygen atoms in total. The average molecular weight is 202 g/mol. The van der Waals surface area contributed by atoms with E-state index >= 15 is 0 Å². The number of hydrogen-bond donors (Lipinski definition) is 0. The second-order valence-electron chi connectivity index (χ2n) is 4.30. The van der Waals surface area contributed by atoms with Crippen molar-refractivity contribution in [1.82, 2.24) is 0 Å². The molecule has 0 bridgehead atoms. The zero-order valence-electron chi connectivity index (χ0n) is 8.74. The van der Waals surface area contributed by atoms with Crippen LogP contribution in [0.3, 0.4) is 0 Å². The molecule has 0 aromatic rings. The minimum atomic E-state index is -2.88. The van der Waals surface area contributed by atoms with Gasteiger partial charge in [0.15, 0.2) is 9.84 Å². The second kappa shape index (κ2) is 3.45. The van der Waals surface area contributed by atoms with E-state index in [4.69, 9.17) is 0 Å². The first kappa shape index (κ1) is 10.8. The summed E-state index contributed by atoms with van der Waals surface area (Å²) in [5, 5.41) is -0.174. The fourth-order valence-electron chi connectivity index (χ4n) is 2.05. The predicted octanol–water partition coefficient (Wildman–Crippen LogP) is 2.02. The molecule has 0 aliphatic heterocycles. The first-order valence-electron chi connectivity index (χ1n) is 4.68. The van der Waals surface area contributed by atoms with Gasteiger partial charge in [-0.05, 0) is 25.2 Å². The van der Waals surface area contributed by atoms with Gasteiger partial charge in [-0.3, -0.25) is 0 Å². The fraction of sp³-hybridized carbons (Fsp3) is 0.800. The van der Waals surface area contributed by atoms with Gasteiger partial charge in [-0.1, -0.05) is 25.5 Å². The van der Waals surface area contributed by atoms with Gasteiger partial charge in [-0.25, -0.2) is 8.42 Å². The molecule has 0 N–H and O–H groups in total. The Morgan fingerprint density at radius 2 is 1.92 bits per heavy atom. The molecule has 0 saturated heterocycles. The third-order valence-corrected chi connectivity index (χ3v) is 4.73. The summed E-state index contributed by atoms with van der Waals surface area (Å²) in [5.74, 6) is 0.632. The van der Waals surface area contributed by atoms with Crippen LogP contribution in [0.1, 0.15) is 27.2 Å². The molecule has 13 heavy (non-hydrogen) atoms. The van der Waals surface area contributed by atoms with E-state index in [9.17, 15) is 8.42 Å². The molecule has 0 saturated carbocycles. The summed E-state index contributed by atoms with van der Waals surface area (Å²) in [6.45, 7) is 6.13. The topological polar surface area (TPSA) is 34.1 Å². The lowest BCUT2D eigenvalue weighted by molar-refractivity contribution is 0.400. The molecule has 1 aliphatic rings. The Hall–Kier alpha value is -0.310. The minimum absolute atomic E-state index is 0.174. The third-order valence-electron chi connectivity index (χ3n) is 3.04. The van der Waals surface area contributed by atoms with Gasteiger partial charge >= 0.3 is 0 Å². The lowest BCUT2D eigenvalue weighted by Gasteiger charge is -2.31. The Morgan fingerprint density at radius 1 is 1.38 bits per heavy atom. The Kier molecular flexibility index (Phi) is 2.85. The fourth-order valence-corrected chi connectivity index (χ4v) is 3.65. The van der Waals surface area contributed by atoms with Gasteiger partial charge in [0.05, 0.1) is 5.25 Å². The highest BCUT2D eigenvalue weighted by Crippen LogP contribution is 2.32. The van der Waals surface area contributed by atoms with Gasteiger partial charge in [0.25, 0.3) is 0 Å². The van der Waals surface area contributed by atoms with Crippen molar-refractivity contribution < 1.29 is 8.42 Å². The molecule has 1 aliphatic carbocycles. The monoisotopic (exact) mass is 202 g/mol. The summed E-state index contributed by atoms with van der Waals surface area (Å²) >= 11 is 0. The van der Waals surface area contributed by atoms with Crippen molar-refractivity contribution in [3.05, 3.63) is 11.6 Å². The van der Waals surface area contributed by atoms with Gasteiger partial charge in [0.2, 0.25) is 0 Å². The minimum Gasteiger partial charge on any atom is -0.229 e. The molecule has 0 radical (unpaired) electrons. The molecule has 3 heteroatoms. The first-order chi connectivity index (χ1) is 5.82. The summed E-state index contributed by atoms with van der Waals surface area (Å²) in [6, 6.07) is 0. The van der Waals surface area contributed by atoms with Crippen molar-refractivity contribution in [3.8, 4) is 0 Å². The van der Waals surface area contributed by atoms with Crippen molar-refractivity contribution in [2.24, 2.45) is 11.8 Å². The molecule has 3 atom stereocenters. The van der Waals surface area contributed by atoms with Gasteiger partial charge in [0.1, 0.15) is 0 Å². The van der Waals surface area contributed by atoms with E-state index in [2.05, 4.69) is 13.0 Å². The smallest absolute Gasteiger partial charge is 0.150 e. The molecule has 0 spiro atoms. The van der Waals surface area contributed by atoms with E-state index in [1.54, 1.807) is 0 Å². The second-order valence-corrected chi connectivity index (χ2v) is 6.57. The summed E-state index contributed by atoms with van der Waals surface area (Å²) in [7, 11) is -2.88. The quantitative estimate of drug-likeness (QED) is 0.610. The van der Waals surface area contributed by atoms with Crippen LogP contribution in [-0.2, 0) is 9.84 Å². The molecule has 0 heterocycles. The Morgan fingerprint density at radius 3 is 2.38 bits per heavy atom. The largest absolute Gasteiger partial charge is 0.229 e. The van der Waals surface area contributed by atoms with Crippen LogP contribution in [0.25, 0.3) is 0 Å². The van der Waals surface area contributed by atoms with Crippen molar-refractivity contribution in [3.63, 3.8) is 0 Å². The van der Waals surface area contributed by atoms with Crippen molar-refractivity contribution in [2.75, 3.05) is 6.26 Å². The van der Waals surface area contributed by atoms with Gasteiger partial charge < -0.3 is 0 Å². The van der Waals surface area contributed by atoms with Crippen LogP contribution in [0.4, 0.5) is 0 Å². The normalized spacial score (nSPS) is 35.7. The highest BCUT2D eigenvalue weighted by molar-refractivity contribution is 7.91. The van der Waals surface area contributed by atoms with Crippen LogP contribution < -0.4 is 0 Å². The van der Waals surface area contributed by atoms with Crippen LogP contribution in [-0.4, -0.2) is 19.9 Å². The lowest BCUT2D eigenvalue weighted by Crippen LogP contribution is -2.33. The molecule has 0 unspecified atom stereocenters. The first-order valence-corrected chi connectivity index (χ1v) is 6.64. The molecule has 1 rings (SSSR count). The van der Waals surface area contributed by atoms with Crippen molar-refractivity contribution in [2.45, 2.75) is 32.4 Å². The molecule has 0 aromatic heterocycles. The third kappa shape index (κ3) is 2.33. The number of allylic oxidation sites excluding steroid dienone is 2. The van der Waals surface area contributed by atoms with Gasteiger partial charge in [0, 0.05) is 6.26 Å². The highest BCUT2D eigenvalue weighted by atomic mass is 32.2. The zero-order chi connectivity index (χ0) is 10.2. The highest BCUT2D eigenvalue weighted by Gasteiger charge is 2.32. The van der Waals surface area contributed by atoms with Gasteiger partial charge in [-0.2, -0.15) is 0 Å². The number of rotatable bonds is 1. The molecular formula is C10H18O2S. The number of hydrogen-bond acceptors (Lipinski definition) is 2. The maximum atomic E-state index is 11.5. The number of sulfone groups is 1. The summed E-state index contributed by atoms with van der Waals surface area (Å²) in [4.78, 5) is 0. The predicted molar refractivity (Wildman–Crippen MR) is 55.3 cm³/mol. The maximum Gasteiger partial charge on any atom is 0.150 e. The van der Waals surface area contributed by atoms with E-state index in [0.29, 0.717) is 12.3 Å². The van der Waals surface area contributed by atoms with Crippen LogP contribution in [0.2, 0.25) is 0 Å². The standard InChI is InChI=1S/C10H18O2S/c1-7-5-8(2)9(3)10(6-7)13(4,11)12/h5,8-10H,6H2,1-4H3/t8-,9+,10+/m0/s1. The Labute approximate surface area is 81.0 Å². The SMILES string of the molecule is CC1=C[C@H](C)[C@@H](C)[C@H](S(C)(=O)=O)C1. The van der Waals surface area contributed by atoms with Gasteiger partial charge in [-0.15, -0.1) is 0 Å². The van der Waals surface area contributed by atoms with Crippen LogP contribution in [0.15, 0.2) is 11.6 Å². The molecular weight excluding hydrogens is 184 g/mol. The summed E-state index contributed by atoms with van der Waals surface area (Å²) in [6.07, 6.45) is 4.25. The van der Waals surface area contributed by atoms with Crippen molar-refractivity contribution >= 4 is 9.84 Å². The molecule has 0 fully saturated rings. The van der Waals surface area contributed by atoms with Crippen molar-refractivity contribution in [1.29, 1.82) is 0 Å². The van der Waals surface area contributed by atoms with E-state index in [1.807, 2.05) is 13.8 Å². The molecule has 0 amide bonds. The maximum absolute atomic E-state index is 11.5. The summed E-state index contributed by atoms with van der Waals surface area (Å²) < 4.78 is 22.9. The van der Waals surface area contributed by atoms with Crippen LogP contribution >= 0.6 is 0 Å².